The van der Waals surface area contributed by atoms with Crippen molar-refractivity contribution >= 4 is 6.09 Å². The van der Waals surface area contributed by atoms with Crippen LogP contribution < -0.4 is 4.74 Å². The Hall–Kier alpha value is -2.53. The topological polar surface area (TPSA) is 59.0 Å². The first-order valence-electron chi connectivity index (χ1n) is 11.7. The highest BCUT2D eigenvalue weighted by atomic mass is 16.6. The van der Waals surface area contributed by atoms with Crippen molar-refractivity contribution in [1.29, 1.82) is 0 Å². The second kappa shape index (κ2) is 10.9. The number of amides is 1. The molecule has 32 heavy (non-hydrogen) atoms. The number of benzene rings is 2. The van der Waals surface area contributed by atoms with E-state index in [0.29, 0.717) is 12.4 Å². The van der Waals surface area contributed by atoms with Gasteiger partial charge >= 0.3 is 6.09 Å². The van der Waals surface area contributed by atoms with Crippen LogP contribution in [0.25, 0.3) is 0 Å². The zero-order valence-electron chi connectivity index (χ0n) is 19.8. The van der Waals surface area contributed by atoms with Crippen molar-refractivity contribution in [2.45, 2.75) is 90.2 Å². The van der Waals surface area contributed by atoms with E-state index < -0.39 is 11.7 Å². The van der Waals surface area contributed by atoms with E-state index in [2.05, 4.69) is 6.92 Å². The lowest BCUT2D eigenvalue weighted by Crippen LogP contribution is -2.53. The molecule has 1 amide bonds. The number of ether oxygens (including phenoxy) is 2. The van der Waals surface area contributed by atoms with Crippen LogP contribution in [-0.2, 0) is 11.3 Å². The Bertz CT molecular complexity index is 859. The fraction of sp³-hybridized carbons (Fsp3) is 0.519. The molecule has 1 N–H and O–H groups in total. The number of aliphatic hydroxyl groups is 1. The predicted molar refractivity (Wildman–Crippen MR) is 127 cm³/mol. The van der Waals surface area contributed by atoms with Crippen LogP contribution in [0.4, 0.5) is 4.79 Å². The van der Waals surface area contributed by atoms with E-state index in [9.17, 15) is 9.90 Å². The number of hydrogen-bond acceptors (Lipinski definition) is 4. The number of rotatable bonds is 7. The van der Waals surface area contributed by atoms with E-state index in [1.165, 1.54) is 0 Å². The summed E-state index contributed by atoms with van der Waals surface area (Å²) in [4.78, 5) is 14.9. The molecule has 0 spiro atoms. The molecule has 2 aromatic rings. The quantitative estimate of drug-likeness (QED) is 0.553. The minimum atomic E-state index is -0.803. The normalized spacial score (nSPS) is 20.0. The van der Waals surface area contributed by atoms with Crippen LogP contribution in [0.1, 0.15) is 77.0 Å². The number of likely N-dealkylation sites (tertiary alicyclic amines) is 1. The maximum Gasteiger partial charge on any atom is 0.410 e. The minimum absolute atomic E-state index is 0.0840. The van der Waals surface area contributed by atoms with Gasteiger partial charge in [-0.05, 0) is 69.7 Å². The van der Waals surface area contributed by atoms with Crippen molar-refractivity contribution in [3.8, 4) is 5.75 Å². The molecule has 0 saturated carbocycles. The van der Waals surface area contributed by atoms with Gasteiger partial charge in [-0.1, -0.05) is 55.8 Å². The van der Waals surface area contributed by atoms with E-state index in [4.69, 9.17) is 9.47 Å². The van der Waals surface area contributed by atoms with Crippen molar-refractivity contribution in [3.05, 3.63) is 65.7 Å². The molecular weight excluding hydrogens is 402 g/mol. The van der Waals surface area contributed by atoms with Gasteiger partial charge in [0.05, 0.1) is 12.1 Å². The van der Waals surface area contributed by atoms with Crippen molar-refractivity contribution in [2.24, 2.45) is 0 Å². The number of piperidine rings is 1. The summed E-state index contributed by atoms with van der Waals surface area (Å²) in [6, 6.07) is 17.3. The largest absolute Gasteiger partial charge is 0.489 e. The fourth-order valence-corrected chi connectivity index (χ4v) is 4.39. The third kappa shape index (κ3) is 6.49. The number of carbonyl (C=O) groups excluding carboxylic acids is 1. The Labute approximate surface area is 192 Å². The van der Waals surface area contributed by atoms with Gasteiger partial charge in [-0.3, -0.25) is 4.90 Å². The number of aliphatic hydroxyl groups excluding tert-OH is 1. The highest BCUT2D eigenvalue weighted by Crippen LogP contribution is 2.35. The minimum Gasteiger partial charge on any atom is -0.489 e. The van der Waals surface area contributed by atoms with Gasteiger partial charge in [0.1, 0.15) is 18.0 Å². The van der Waals surface area contributed by atoms with Gasteiger partial charge in [-0.2, -0.15) is 0 Å². The highest BCUT2D eigenvalue weighted by molar-refractivity contribution is 5.69. The lowest BCUT2D eigenvalue weighted by atomic mass is 9.88. The average Bonchev–Trinajstić information content (AvgIpc) is 2.77. The van der Waals surface area contributed by atoms with Gasteiger partial charge in [-0.15, -0.1) is 0 Å². The Balaban J connectivity index is 1.78. The van der Waals surface area contributed by atoms with Crippen LogP contribution in [0.5, 0.6) is 5.75 Å². The van der Waals surface area contributed by atoms with Crippen LogP contribution in [0.2, 0.25) is 0 Å². The summed E-state index contributed by atoms with van der Waals surface area (Å²) in [5.74, 6) is 0.704. The molecule has 1 saturated heterocycles. The maximum absolute atomic E-state index is 13.1. The summed E-state index contributed by atoms with van der Waals surface area (Å²) in [5, 5.41) is 11.4. The number of carbonyl (C=O) groups is 1. The zero-order valence-corrected chi connectivity index (χ0v) is 19.8. The maximum atomic E-state index is 13.1. The summed E-state index contributed by atoms with van der Waals surface area (Å²) in [6.45, 7) is 8.22. The molecule has 0 aromatic heterocycles. The van der Waals surface area contributed by atoms with Gasteiger partial charge in [0, 0.05) is 6.04 Å². The molecule has 1 fully saturated rings. The molecule has 2 aromatic carbocycles. The smallest absolute Gasteiger partial charge is 0.410 e. The van der Waals surface area contributed by atoms with E-state index in [1.807, 2.05) is 75.4 Å². The first kappa shape index (κ1) is 24.1. The van der Waals surface area contributed by atoms with Crippen LogP contribution in [0.15, 0.2) is 54.6 Å². The number of hydrogen-bond donors (Lipinski definition) is 1. The Kier molecular flexibility index (Phi) is 8.19. The molecule has 3 rings (SSSR count). The SMILES string of the molecule is CCC[C@H]1CCC[C@H]([C@H](O)c2cccc(OCc3ccccc3)c2)N1C(=O)OC(C)(C)C. The van der Waals surface area contributed by atoms with Crippen molar-refractivity contribution in [3.63, 3.8) is 0 Å². The molecule has 1 aliphatic rings. The van der Waals surface area contributed by atoms with E-state index in [1.54, 1.807) is 4.90 Å². The second-order valence-corrected chi connectivity index (χ2v) is 9.62. The lowest BCUT2D eigenvalue weighted by Gasteiger charge is -2.44. The van der Waals surface area contributed by atoms with Crippen LogP contribution in [0.3, 0.4) is 0 Å². The summed E-state index contributed by atoms with van der Waals surface area (Å²) in [7, 11) is 0. The van der Waals surface area contributed by atoms with Gasteiger partial charge < -0.3 is 14.6 Å². The molecular formula is C27H37NO4. The summed E-state index contributed by atoms with van der Waals surface area (Å²) in [6.07, 6.45) is 3.42. The summed E-state index contributed by atoms with van der Waals surface area (Å²) >= 11 is 0. The third-order valence-corrected chi connectivity index (χ3v) is 5.83. The lowest BCUT2D eigenvalue weighted by molar-refractivity contribution is -0.0368. The highest BCUT2D eigenvalue weighted by Gasteiger charge is 2.40. The van der Waals surface area contributed by atoms with Gasteiger partial charge in [0.25, 0.3) is 0 Å². The molecule has 3 atom stereocenters. The predicted octanol–water partition coefficient (Wildman–Crippen LogP) is 6.26. The van der Waals surface area contributed by atoms with E-state index >= 15 is 0 Å². The van der Waals surface area contributed by atoms with Gasteiger partial charge in [0.15, 0.2) is 0 Å². The van der Waals surface area contributed by atoms with Gasteiger partial charge in [-0.25, -0.2) is 4.79 Å². The van der Waals surface area contributed by atoms with E-state index in [-0.39, 0.29) is 18.2 Å². The fourth-order valence-electron chi connectivity index (χ4n) is 4.39. The summed E-state index contributed by atoms with van der Waals surface area (Å²) < 4.78 is 11.7. The van der Waals surface area contributed by atoms with Crippen molar-refractivity contribution < 1.29 is 19.4 Å². The summed E-state index contributed by atoms with van der Waals surface area (Å²) in [5.41, 5.74) is 1.27. The zero-order chi connectivity index (χ0) is 23.1. The molecule has 5 heteroatoms. The van der Waals surface area contributed by atoms with Crippen LogP contribution in [0, 0.1) is 0 Å². The first-order valence-corrected chi connectivity index (χ1v) is 11.7. The Morgan fingerprint density at radius 2 is 1.88 bits per heavy atom. The molecule has 0 aliphatic carbocycles. The van der Waals surface area contributed by atoms with Crippen molar-refractivity contribution in [2.75, 3.05) is 0 Å². The molecule has 0 radical (unpaired) electrons. The van der Waals surface area contributed by atoms with E-state index in [0.717, 1.165) is 43.2 Å². The average molecular weight is 440 g/mol. The molecule has 0 bridgehead atoms. The monoisotopic (exact) mass is 439 g/mol. The standard InChI is InChI=1S/C27H37NO4/c1-5-11-22-15-10-17-24(28(22)26(30)32-27(2,3)4)25(29)21-14-9-16-23(18-21)31-19-20-12-7-6-8-13-20/h6-9,12-14,16,18,22,24-25,29H,5,10-11,15,17,19H2,1-4H3/t22-,24+,25+/m0/s1. The second-order valence-electron chi connectivity index (χ2n) is 9.62. The molecule has 1 aliphatic heterocycles. The molecule has 174 valence electrons. The Morgan fingerprint density at radius 3 is 2.56 bits per heavy atom. The van der Waals surface area contributed by atoms with Crippen molar-refractivity contribution in [1.82, 2.24) is 4.90 Å². The van der Waals surface area contributed by atoms with Gasteiger partial charge in [0.2, 0.25) is 0 Å². The van der Waals surface area contributed by atoms with Crippen LogP contribution >= 0.6 is 0 Å². The molecule has 1 heterocycles. The third-order valence-electron chi connectivity index (χ3n) is 5.83. The first-order chi connectivity index (χ1) is 15.3. The number of nitrogens with zero attached hydrogens (tertiary/aromatic N) is 1. The Morgan fingerprint density at radius 1 is 1.12 bits per heavy atom. The molecule has 5 nitrogen and oxygen atoms in total. The van der Waals surface area contributed by atoms with Crippen LogP contribution in [-0.4, -0.2) is 33.8 Å². The molecule has 0 unspecified atom stereocenters.